The molecule has 0 saturated heterocycles. The number of benzene rings is 2. The van der Waals surface area contributed by atoms with Gasteiger partial charge in [0.15, 0.2) is 0 Å². The molecular weight excluding hydrogens is 440 g/mol. The lowest BCUT2D eigenvalue weighted by molar-refractivity contribution is -0.142. The Balaban J connectivity index is 1.62. The standard InChI is InChI=1S/C29H32N2O4/c1-19-5-3-4-6-25(19)26(17-27(30-35)24-15-16-28(32)31(2)18-24)22-11-7-20(8-12-22)21-9-13-23(14-10-21)29(33)34/h3-8,11-12,15-16,18,21,23,26,35H,9-10,13-14,17H2,1-2H3,(H,33,34)/b30-27+/t21-,23+,26-/m0/s1. The summed E-state index contributed by atoms with van der Waals surface area (Å²) in [6.45, 7) is 2.08. The first-order chi connectivity index (χ1) is 16.9. The molecule has 0 aliphatic heterocycles. The smallest absolute Gasteiger partial charge is 0.306 e. The fraction of sp³-hybridized carbons (Fsp3) is 0.345. The molecule has 2 N–H and O–H groups in total. The van der Waals surface area contributed by atoms with Crippen molar-refractivity contribution in [2.75, 3.05) is 0 Å². The number of pyridine rings is 1. The van der Waals surface area contributed by atoms with Gasteiger partial charge in [-0.1, -0.05) is 53.7 Å². The van der Waals surface area contributed by atoms with E-state index in [1.165, 1.54) is 16.2 Å². The molecule has 0 spiro atoms. The largest absolute Gasteiger partial charge is 0.481 e. The molecule has 182 valence electrons. The molecule has 0 radical (unpaired) electrons. The summed E-state index contributed by atoms with van der Waals surface area (Å²) < 4.78 is 1.48. The highest BCUT2D eigenvalue weighted by Gasteiger charge is 2.27. The third-order valence-corrected chi connectivity index (χ3v) is 7.39. The summed E-state index contributed by atoms with van der Waals surface area (Å²) in [6.07, 6.45) is 5.41. The van der Waals surface area contributed by atoms with Crippen LogP contribution in [0.25, 0.3) is 0 Å². The second-order valence-electron chi connectivity index (χ2n) is 9.58. The van der Waals surface area contributed by atoms with Crippen molar-refractivity contribution in [1.29, 1.82) is 0 Å². The zero-order chi connectivity index (χ0) is 24.9. The van der Waals surface area contributed by atoms with Crippen molar-refractivity contribution in [3.8, 4) is 0 Å². The first-order valence-corrected chi connectivity index (χ1v) is 12.1. The van der Waals surface area contributed by atoms with E-state index in [4.69, 9.17) is 0 Å². The molecule has 1 atom stereocenters. The lowest BCUT2D eigenvalue weighted by Crippen LogP contribution is -2.20. The minimum absolute atomic E-state index is 0.0314. The van der Waals surface area contributed by atoms with Gasteiger partial charge in [-0.3, -0.25) is 9.59 Å². The van der Waals surface area contributed by atoms with E-state index in [0.29, 0.717) is 23.6 Å². The summed E-state index contributed by atoms with van der Waals surface area (Å²) in [6, 6.07) is 20.0. The van der Waals surface area contributed by atoms with E-state index in [9.17, 15) is 19.9 Å². The zero-order valence-corrected chi connectivity index (χ0v) is 20.2. The van der Waals surface area contributed by atoms with E-state index in [1.807, 2.05) is 12.1 Å². The molecule has 0 unspecified atom stereocenters. The minimum atomic E-state index is -0.681. The molecule has 1 aliphatic rings. The van der Waals surface area contributed by atoms with Crippen LogP contribution in [-0.2, 0) is 11.8 Å². The van der Waals surface area contributed by atoms with Gasteiger partial charge in [-0.05, 0) is 66.8 Å². The van der Waals surface area contributed by atoms with Crippen molar-refractivity contribution in [1.82, 2.24) is 4.57 Å². The molecule has 3 aromatic rings. The maximum atomic E-state index is 11.8. The van der Waals surface area contributed by atoms with E-state index in [0.717, 1.165) is 42.4 Å². The fourth-order valence-corrected chi connectivity index (χ4v) is 5.23. The topological polar surface area (TPSA) is 91.9 Å². The Hall–Kier alpha value is -3.67. The van der Waals surface area contributed by atoms with Crippen LogP contribution in [0.4, 0.5) is 0 Å². The number of hydrogen-bond donors (Lipinski definition) is 2. The lowest BCUT2D eigenvalue weighted by atomic mass is 9.78. The number of carboxylic acids is 1. The molecule has 1 aliphatic carbocycles. The Bertz CT molecular complexity index is 1270. The van der Waals surface area contributed by atoms with Crippen LogP contribution in [0.2, 0.25) is 0 Å². The van der Waals surface area contributed by atoms with Gasteiger partial charge in [-0.2, -0.15) is 0 Å². The van der Waals surface area contributed by atoms with Crippen LogP contribution in [-0.4, -0.2) is 26.6 Å². The van der Waals surface area contributed by atoms with Crippen LogP contribution >= 0.6 is 0 Å². The molecular formula is C29H32N2O4. The third-order valence-electron chi connectivity index (χ3n) is 7.39. The van der Waals surface area contributed by atoms with Crippen molar-refractivity contribution < 1.29 is 15.1 Å². The quantitative estimate of drug-likeness (QED) is 0.272. The van der Waals surface area contributed by atoms with Gasteiger partial charge in [-0.15, -0.1) is 0 Å². The zero-order valence-electron chi connectivity index (χ0n) is 20.2. The van der Waals surface area contributed by atoms with E-state index < -0.39 is 5.97 Å². The predicted octanol–water partition coefficient (Wildman–Crippen LogP) is 5.45. The molecule has 2 aromatic carbocycles. The van der Waals surface area contributed by atoms with Gasteiger partial charge < -0.3 is 14.9 Å². The third kappa shape index (κ3) is 5.53. The van der Waals surface area contributed by atoms with E-state index in [1.54, 1.807) is 19.3 Å². The number of oxime groups is 1. The van der Waals surface area contributed by atoms with Crippen LogP contribution < -0.4 is 5.56 Å². The minimum Gasteiger partial charge on any atom is -0.481 e. The maximum Gasteiger partial charge on any atom is 0.306 e. The monoisotopic (exact) mass is 472 g/mol. The average molecular weight is 473 g/mol. The number of carbonyl (C=O) groups is 1. The Kier molecular flexibility index (Phi) is 7.49. The summed E-state index contributed by atoms with van der Waals surface area (Å²) >= 11 is 0. The van der Waals surface area contributed by atoms with Crippen LogP contribution in [0.3, 0.4) is 0 Å². The molecule has 0 bridgehead atoms. The Morgan fingerprint density at radius 2 is 1.71 bits per heavy atom. The van der Waals surface area contributed by atoms with Gasteiger partial charge in [0.2, 0.25) is 5.56 Å². The summed E-state index contributed by atoms with van der Waals surface area (Å²) in [4.78, 5) is 23.1. The van der Waals surface area contributed by atoms with Crippen LogP contribution in [0.1, 0.15) is 71.8 Å². The number of carboxylic acid groups (broad SMARTS) is 1. The summed E-state index contributed by atoms with van der Waals surface area (Å²) in [7, 11) is 1.68. The van der Waals surface area contributed by atoms with Gasteiger partial charge in [0.1, 0.15) is 0 Å². The number of rotatable bonds is 7. The van der Waals surface area contributed by atoms with Crippen molar-refractivity contribution in [3.63, 3.8) is 0 Å². The molecule has 0 amide bonds. The number of aryl methyl sites for hydroxylation is 2. The normalized spacial score (nSPS) is 19.3. The Morgan fingerprint density at radius 3 is 2.31 bits per heavy atom. The molecule has 4 rings (SSSR count). The van der Waals surface area contributed by atoms with E-state index in [2.05, 4.69) is 48.5 Å². The highest BCUT2D eigenvalue weighted by Crippen LogP contribution is 2.37. The molecule has 6 heteroatoms. The van der Waals surface area contributed by atoms with E-state index >= 15 is 0 Å². The predicted molar refractivity (Wildman–Crippen MR) is 136 cm³/mol. The molecule has 1 fully saturated rings. The molecule has 1 aromatic heterocycles. The van der Waals surface area contributed by atoms with Crippen molar-refractivity contribution >= 4 is 11.7 Å². The maximum absolute atomic E-state index is 11.8. The van der Waals surface area contributed by atoms with E-state index in [-0.39, 0.29) is 17.4 Å². The molecule has 1 saturated carbocycles. The Morgan fingerprint density at radius 1 is 1.03 bits per heavy atom. The second-order valence-corrected chi connectivity index (χ2v) is 9.58. The number of nitrogens with zero attached hydrogens (tertiary/aromatic N) is 2. The first kappa shape index (κ1) is 24.5. The van der Waals surface area contributed by atoms with Crippen molar-refractivity contribution in [2.45, 2.75) is 50.9 Å². The molecule has 1 heterocycles. The molecule has 6 nitrogen and oxygen atoms in total. The van der Waals surface area contributed by atoms with Crippen LogP contribution in [0, 0.1) is 12.8 Å². The highest BCUT2D eigenvalue weighted by atomic mass is 16.4. The Labute approximate surface area is 205 Å². The van der Waals surface area contributed by atoms with Gasteiger partial charge >= 0.3 is 5.97 Å². The molecule has 35 heavy (non-hydrogen) atoms. The highest BCUT2D eigenvalue weighted by molar-refractivity contribution is 6.00. The number of aliphatic carboxylic acids is 1. The van der Waals surface area contributed by atoms with Crippen LogP contribution in [0.15, 0.2) is 76.8 Å². The second kappa shape index (κ2) is 10.7. The van der Waals surface area contributed by atoms with Gasteiger partial charge in [0.05, 0.1) is 11.6 Å². The number of hydrogen-bond acceptors (Lipinski definition) is 4. The first-order valence-electron chi connectivity index (χ1n) is 12.1. The van der Waals surface area contributed by atoms with Gasteiger partial charge in [0.25, 0.3) is 0 Å². The summed E-state index contributed by atoms with van der Waals surface area (Å²) in [5.74, 6) is -0.544. The van der Waals surface area contributed by atoms with Gasteiger partial charge in [0, 0.05) is 37.2 Å². The fourth-order valence-electron chi connectivity index (χ4n) is 5.23. The van der Waals surface area contributed by atoms with Crippen LogP contribution in [0.5, 0.6) is 0 Å². The summed E-state index contributed by atoms with van der Waals surface area (Å²) in [5.41, 5.74) is 5.79. The van der Waals surface area contributed by atoms with Gasteiger partial charge in [-0.25, -0.2) is 0 Å². The lowest BCUT2D eigenvalue weighted by Gasteiger charge is -2.27. The SMILES string of the molecule is Cc1ccccc1[C@@H](C/C(=N\O)c1ccc(=O)n(C)c1)c1ccc([C@H]2CC[C@@H](C(=O)O)CC2)cc1. The average Bonchev–Trinajstić information content (AvgIpc) is 2.87. The summed E-state index contributed by atoms with van der Waals surface area (Å²) in [5, 5.41) is 22.8. The number of aromatic nitrogens is 1. The van der Waals surface area contributed by atoms with Crippen molar-refractivity contribution in [3.05, 3.63) is 105 Å². The van der Waals surface area contributed by atoms with Crippen molar-refractivity contribution in [2.24, 2.45) is 18.1 Å².